The van der Waals surface area contributed by atoms with Crippen molar-refractivity contribution in [3.05, 3.63) is 29.8 Å². The van der Waals surface area contributed by atoms with Crippen molar-refractivity contribution in [3.8, 4) is 0 Å². The molecular weight excluding hydrogens is 288 g/mol. The quantitative estimate of drug-likeness (QED) is 0.664. The maximum atomic E-state index is 11.8. The molecule has 1 aromatic carbocycles. The smallest absolute Gasteiger partial charge is 0.338 e. The van der Waals surface area contributed by atoms with Crippen molar-refractivity contribution in [2.24, 2.45) is 5.41 Å². The molecule has 2 N–H and O–H groups in total. The highest BCUT2D eigenvalue weighted by Gasteiger charge is 2.22. The van der Waals surface area contributed by atoms with Crippen LogP contribution in [0.3, 0.4) is 0 Å². The van der Waals surface area contributed by atoms with Crippen LogP contribution in [0.15, 0.2) is 24.3 Å². The summed E-state index contributed by atoms with van der Waals surface area (Å²) in [6, 6.07) is 6.73. The van der Waals surface area contributed by atoms with Gasteiger partial charge in [-0.3, -0.25) is 4.79 Å². The Labute approximate surface area is 130 Å². The van der Waals surface area contributed by atoms with Gasteiger partial charge in [0.1, 0.15) is 0 Å². The SMILES string of the molecule is CCOC(=O)c1cccc(NC(=S)NC(=O)C(C)(C)C)c1. The van der Waals surface area contributed by atoms with Crippen LogP contribution in [0.25, 0.3) is 0 Å². The van der Waals surface area contributed by atoms with Gasteiger partial charge in [0.05, 0.1) is 12.2 Å². The number of ether oxygens (including phenoxy) is 1. The lowest BCUT2D eigenvalue weighted by molar-refractivity contribution is -0.126. The van der Waals surface area contributed by atoms with Gasteiger partial charge in [-0.1, -0.05) is 26.8 Å². The lowest BCUT2D eigenvalue weighted by Crippen LogP contribution is -2.41. The number of esters is 1. The first-order chi connectivity index (χ1) is 9.74. The summed E-state index contributed by atoms with van der Waals surface area (Å²) in [5.41, 5.74) is 0.505. The molecular formula is C15H20N2O3S. The zero-order chi connectivity index (χ0) is 16.0. The number of hydrogen-bond donors (Lipinski definition) is 2. The van der Waals surface area contributed by atoms with Crippen LogP contribution in [0, 0.1) is 5.41 Å². The van der Waals surface area contributed by atoms with Crippen LogP contribution in [0.4, 0.5) is 5.69 Å². The Morgan fingerprint density at radius 2 is 1.95 bits per heavy atom. The van der Waals surface area contributed by atoms with Gasteiger partial charge in [-0.05, 0) is 37.3 Å². The number of carbonyl (C=O) groups excluding carboxylic acids is 2. The second-order valence-corrected chi connectivity index (χ2v) is 5.87. The van der Waals surface area contributed by atoms with E-state index < -0.39 is 11.4 Å². The number of rotatable bonds is 3. The molecule has 0 aliphatic carbocycles. The largest absolute Gasteiger partial charge is 0.462 e. The number of hydrogen-bond acceptors (Lipinski definition) is 4. The molecule has 0 bridgehead atoms. The summed E-state index contributed by atoms with van der Waals surface area (Å²) >= 11 is 5.08. The van der Waals surface area contributed by atoms with Gasteiger partial charge in [-0.25, -0.2) is 4.79 Å². The van der Waals surface area contributed by atoms with E-state index in [1.54, 1.807) is 52.0 Å². The van der Waals surface area contributed by atoms with E-state index in [1.807, 2.05) is 0 Å². The molecule has 114 valence electrons. The summed E-state index contributed by atoms with van der Waals surface area (Å²) in [5.74, 6) is -0.577. The molecule has 0 saturated carbocycles. The molecule has 0 aromatic heterocycles. The molecule has 1 aromatic rings. The maximum absolute atomic E-state index is 11.8. The van der Waals surface area contributed by atoms with Gasteiger partial charge in [0.15, 0.2) is 5.11 Å². The van der Waals surface area contributed by atoms with Crippen molar-refractivity contribution in [3.63, 3.8) is 0 Å². The molecule has 0 radical (unpaired) electrons. The molecule has 1 amide bonds. The van der Waals surface area contributed by atoms with Crippen LogP contribution in [-0.2, 0) is 9.53 Å². The van der Waals surface area contributed by atoms with Crippen LogP contribution in [0.1, 0.15) is 38.1 Å². The van der Waals surface area contributed by atoms with Crippen LogP contribution in [0.5, 0.6) is 0 Å². The molecule has 0 fully saturated rings. The first-order valence-corrected chi connectivity index (χ1v) is 7.04. The second kappa shape index (κ2) is 7.17. The fourth-order valence-corrected chi connectivity index (χ4v) is 1.60. The molecule has 0 heterocycles. The summed E-state index contributed by atoms with van der Waals surface area (Å²) in [6.07, 6.45) is 0. The Bertz CT molecular complexity index is 550. The number of benzene rings is 1. The Balaban J connectivity index is 2.71. The van der Waals surface area contributed by atoms with E-state index in [-0.39, 0.29) is 11.0 Å². The van der Waals surface area contributed by atoms with E-state index in [0.29, 0.717) is 17.9 Å². The second-order valence-electron chi connectivity index (χ2n) is 5.46. The predicted octanol–water partition coefficient (Wildman–Crippen LogP) is 2.72. The molecule has 5 nitrogen and oxygen atoms in total. The van der Waals surface area contributed by atoms with Gasteiger partial charge in [0, 0.05) is 11.1 Å². The molecule has 21 heavy (non-hydrogen) atoms. The zero-order valence-corrected chi connectivity index (χ0v) is 13.5. The van der Waals surface area contributed by atoms with Crippen molar-refractivity contribution in [1.82, 2.24) is 5.32 Å². The number of nitrogens with one attached hydrogen (secondary N) is 2. The Kier molecular flexibility index (Phi) is 5.84. The molecule has 0 spiro atoms. The summed E-state index contributed by atoms with van der Waals surface area (Å²) in [5, 5.41) is 5.67. The summed E-state index contributed by atoms with van der Waals surface area (Å²) in [6.45, 7) is 7.46. The molecule has 6 heteroatoms. The first kappa shape index (κ1) is 17.1. The highest BCUT2D eigenvalue weighted by atomic mass is 32.1. The third kappa shape index (κ3) is 5.51. The van der Waals surface area contributed by atoms with E-state index in [4.69, 9.17) is 17.0 Å². The van der Waals surface area contributed by atoms with Gasteiger partial charge in [-0.2, -0.15) is 0 Å². The van der Waals surface area contributed by atoms with Crippen LogP contribution >= 0.6 is 12.2 Å². The number of thiocarbonyl (C=S) groups is 1. The van der Waals surface area contributed by atoms with Crippen molar-refractivity contribution in [1.29, 1.82) is 0 Å². The third-order valence-corrected chi connectivity index (χ3v) is 2.74. The van der Waals surface area contributed by atoms with Crippen LogP contribution in [-0.4, -0.2) is 23.6 Å². The number of amides is 1. The van der Waals surface area contributed by atoms with Gasteiger partial charge in [0.2, 0.25) is 5.91 Å². The lowest BCUT2D eigenvalue weighted by atomic mass is 9.96. The highest BCUT2D eigenvalue weighted by Crippen LogP contribution is 2.14. The van der Waals surface area contributed by atoms with Crippen molar-refractivity contribution >= 4 is 34.9 Å². The lowest BCUT2D eigenvalue weighted by Gasteiger charge is -2.18. The monoisotopic (exact) mass is 308 g/mol. The molecule has 0 unspecified atom stereocenters. The first-order valence-electron chi connectivity index (χ1n) is 6.63. The van der Waals surface area contributed by atoms with E-state index >= 15 is 0 Å². The minimum Gasteiger partial charge on any atom is -0.462 e. The standard InChI is InChI=1S/C15H20N2O3S/c1-5-20-12(18)10-7-6-8-11(9-10)16-14(21)17-13(19)15(2,3)4/h6-9H,5H2,1-4H3,(H2,16,17,19,21). The van der Waals surface area contributed by atoms with Gasteiger partial charge in [-0.15, -0.1) is 0 Å². The summed E-state index contributed by atoms with van der Waals surface area (Å²) in [4.78, 5) is 23.5. The molecule has 0 saturated heterocycles. The minimum absolute atomic E-state index is 0.179. The van der Waals surface area contributed by atoms with Gasteiger partial charge < -0.3 is 15.4 Å². The van der Waals surface area contributed by atoms with Crippen molar-refractivity contribution in [2.75, 3.05) is 11.9 Å². The molecule has 1 rings (SSSR count). The fourth-order valence-electron chi connectivity index (χ4n) is 1.39. The molecule has 0 atom stereocenters. The Morgan fingerprint density at radius 1 is 1.29 bits per heavy atom. The van der Waals surface area contributed by atoms with Gasteiger partial charge in [0.25, 0.3) is 0 Å². The molecule has 0 aliphatic heterocycles. The fraction of sp³-hybridized carbons (Fsp3) is 0.400. The normalized spacial score (nSPS) is 10.7. The number of anilines is 1. The third-order valence-electron chi connectivity index (χ3n) is 2.54. The van der Waals surface area contributed by atoms with E-state index in [0.717, 1.165) is 0 Å². The zero-order valence-electron chi connectivity index (χ0n) is 12.6. The number of carbonyl (C=O) groups is 2. The average molecular weight is 308 g/mol. The highest BCUT2D eigenvalue weighted by molar-refractivity contribution is 7.80. The average Bonchev–Trinajstić information content (AvgIpc) is 2.38. The van der Waals surface area contributed by atoms with E-state index in [2.05, 4.69) is 10.6 Å². The van der Waals surface area contributed by atoms with E-state index in [1.165, 1.54) is 0 Å². The Morgan fingerprint density at radius 3 is 2.52 bits per heavy atom. The Hall–Kier alpha value is -1.95. The predicted molar refractivity (Wildman–Crippen MR) is 86.2 cm³/mol. The maximum Gasteiger partial charge on any atom is 0.338 e. The minimum atomic E-state index is -0.529. The van der Waals surface area contributed by atoms with Crippen molar-refractivity contribution < 1.29 is 14.3 Å². The topological polar surface area (TPSA) is 67.4 Å². The van der Waals surface area contributed by atoms with Crippen molar-refractivity contribution in [2.45, 2.75) is 27.7 Å². The van der Waals surface area contributed by atoms with Gasteiger partial charge >= 0.3 is 5.97 Å². The van der Waals surface area contributed by atoms with E-state index in [9.17, 15) is 9.59 Å². The summed E-state index contributed by atoms with van der Waals surface area (Å²) in [7, 11) is 0. The summed E-state index contributed by atoms with van der Waals surface area (Å²) < 4.78 is 4.93. The van der Waals surface area contributed by atoms with Crippen LogP contribution in [0.2, 0.25) is 0 Å². The van der Waals surface area contributed by atoms with Crippen LogP contribution < -0.4 is 10.6 Å². The molecule has 0 aliphatic rings.